The van der Waals surface area contributed by atoms with Gasteiger partial charge in [-0.2, -0.15) is 0 Å². The number of nitrogen functional groups attached to an aromatic ring is 1. The van der Waals surface area contributed by atoms with Crippen LogP contribution in [0.4, 0.5) is 11.4 Å². The quantitative estimate of drug-likeness (QED) is 0.759. The summed E-state index contributed by atoms with van der Waals surface area (Å²) in [6.07, 6.45) is -0.0562. The van der Waals surface area contributed by atoms with Gasteiger partial charge in [0, 0.05) is 20.6 Å². The van der Waals surface area contributed by atoms with E-state index in [4.69, 9.17) is 10.8 Å². The first-order valence-corrected chi connectivity index (χ1v) is 6.38. The van der Waals surface area contributed by atoms with Crippen LogP contribution in [0, 0.1) is 0 Å². The molecule has 3 N–H and O–H groups in total. The number of nitrogens with two attached hydrogens (primary N) is 1. The number of carbonyl (C=O) groups excluding carboxylic acids is 1. The van der Waals surface area contributed by atoms with Gasteiger partial charge in [-0.15, -0.1) is 0 Å². The maximum absolute atomic E-state index is 12.1. The topological polar surface area (TPSA) is 86.9 Å². The van der Waals surface area contributed by atoms with E-state index in [1.807, 2.05) is 6.07 Å². The molecule has 110 valence electrons. The molecule has 6 nitrogen and oxygen atoms in total. The van der Waals surface area contributed by atoms with Gasteiger partial charge >= 0.3 is 5.97 Å². The average molecular weight is 279 g/mol. The molecule has 0 aromatic heterocycles. The van der Waals surface area contributed by atoms with Crippen molar-refractivity contribution in [3.8, 4) is 0 Å². The molecule has 0 radical (unpaired) electrons. The molecule has 0 aliphatic heterocycles. The van der Waals surface area contributed by atoms with Gasteiger partial charge in [0.25, 0.3) is 0 Å². The van der Waals surface area contributed by atoms with Crippen LogP contribution in [0.15, 0.2) is 24.3 Å². The van der Waals surface area contributed by atoms with E-state index in [2.05, 4.69) is 0 Å². The van der Waals surface area contributed by atoms with Crippen LogP contribution in [0.3, 0.4) is 0 Å². The second-order valence-electron chi connectivity index (χ2n) is 4.80. The molecule has 0 spiro atoms. The van der Waals surface area contributed by atoms with Crippen LogP contribution >= 0.6 is 0 Å². The Hall–Kier alpha value is -2.24. The lowest BCUT2D eigenvalue weighted by Crippen LogP contribution is -2.45. The summed E-state index contributed by atoms with van der Waals surface area (Å²) in [5, 5.41) is 8.85. The van der Waals surface area contributed by atoms with Crippen molar-refractivity contribution in [2.24, 2.45) is 0 Å². The van der Waals surface area contributed by atoms with Crippen molar-refractivity contribution in [3.05, 3.63) is 24.3 Å². The molecule has 1 aromatic rings. The Balaban J connectivity index is 3.05. The number of anilines is 2. The highest BCUT2D eigenvalue weighted by molar-refractivity contribution is 5.86. The van der Waals surface area contributed by atoms with Gasteiger partial charge in [-0.3, -0.25) is 9.59 Å². The fourth-order valence-corrected chi connectivity index (χ4v) is 1.99. The van der Waals surface area contributed by atoms with Crippen LogP contribution in [0.25, 0.3) is 0 Å². The lowest BCUT2D eigenvalue weighted by molar-refractivity contribution is -0.137. The van der Waals surface area contributed by atoms with Crippen molar-refractivity contribution in [2.75, 3.05) is 31.3 Å². The Labute approximate surface area is 118 Å². The monoisotopic (exact) mass is 279 g/mol. The number of rotatable bonds is 6. The maximum atomic E-state index is 12.1. The number of carboxylic acid groups (broad SMARTS) is 1. The Bertz CT molecular complexity index is 488. The summed E-state index contributed by atoms with van der Waals surface area (Å²) in [5.41, 5.74) is 7.13. The Morgan fingerprint density at radius 1 is 1.30 bits per heavy atom. The molecule has 6 heteroatoms. The number of amides is 1. The van der Waals surface area contributed by atoms with Crippen LogP contribution < -0.4 is 10.6 Å². The van der Waals surface area contributed by atoms with E-state index in [0.717, 1.165) is 0 Å². The zero-order valence-corrected chi connectivity index (χ0v) is 12.0. The molecule has 1 amide bonds. The molecule has 1 atom stereocenters. The number of nitrogens with zero attached hydrogens (tertiary/aromatic N) is 2. The summed E-state index contributed by atoms with van der Waals surface area (Å²) in [7, 11) is 3.34. The first-order chi connectivity index (χ1) is 9.34. The Kier molecular flexibility index (Phi) is 5.37. The van der Waals surface area contributed by atoms with E-state index in [-0.39, 0.29) is 18.9 Å². The van der Waals surface area contributed by atoms with Crippen LogP contribution in [0.5, 0.6) is 0 Å². The lowest BCUT2D eigenvalue weighted by Gasteiger charge is -2.32. The Morgan fingerprint density at radius 2 is 1.90 bits per heavy atom. The second-order valence-corrected chi connectivity index (χ2v) is 4.80. The average Bonchev–Trinajstić information content (AvgIpc) is 2.39. The molecule has 1 rings (SSSR count). The van der Waals surface area contributed by atoms with Crippen LogP contribution in [0.2, 0.25) is 0 Å². The molecular formula is C14H21N3O3. The number of aliphatic carboxylic acids is 1. The van der Waals surface area contributed by atoms with Gasteiger partial charge in [-0.1, -0.05) is 12.1 Å². The smallest absolute Gasteiger partial charge is 0.305 e. The van der Waals surface area contributed by atoms with Crippen molar-refractivity contribution in [1.29, 1.82) is 0 Å². The van der Waals surface area contributed by atoms with Gasteiger partial charge < -0.3 is 20.6 Å². The molecule has 1 aromatic carbocycles. The number of benzene rings is 1. The molecule has 0 saturated heterocycles. The highest BCUT2D eigenvalue weighted by Gasteiger charge is 2.24. The van der Waals surface area contributed by atoms with E-state index < -0.39 is 12.0 Å². The molecular weight excluding hydrogens is 258 g/mol. The normalized spacial score (nSPS) is 11.8. The van der Waals surface area contributed by atoms with E-state index in [1.54, 1.807) is 44.1 Å². The Morgan fingerprint density at radius 3 is 2.40 bits per heavy atom. The predicted octanol–water partition coefficient (Wildman–Crippen LogP) is 1.03. The minimum atomic E-state index is -0.908. The summed E-state index contributed by atoms with van der Waals surface area (Å²) >= 11 is 0. The number of hydrogen-bond acceptors (Lipinski definition) is 4. The number of carbonyl (C=O) groups is 2. The third-order valence-electron chi connectivity index (χ3n) is 3.08. The molecule has 1 unspecified atom stereocenters. The number of carboxylic acids is 1. The lowest BCUT2D eigenvalue weighted by atomic mass is 10.1. The summed E-state index contributed by atoms with van der Waals surface area (Å²) in [4.78, 5) is 26.1. The van der Waals surface area contributed by atoms with Crippen molar-refractivity contribution in [2.45, 2.75) is 19.4 Å². The summed E-state index contributed by atoms with van der Waals surface area (Å²) in [6, 6.07) is 6.65. The third-order valence-corrected chi connectivity index (χ3v) is 3.08. The molecule has 0 saturated carbocycles. The van der Waals surface area contributed by atoms with Gasteiger partial charge in [0.15, 0.2) is 0 Å². The van der Waals surface area contributed by atoms with Gasteiger partial charge in [0.05, 0.1) is 17.8 Å². The first kappa shape index (κ1) is 15.8. The SMILES string of the molecule is CC(C(=O)N(C)C)N(CCC(=O)O)c1ccccc1N. The zero-order chi connectivity index (χ0) is 15.3. The largest absolute Gasteiger partial charge is 0.481 e. The molecule has 0 fully saturated rings. The summed E-state index contributed by atoms with van der Waals surface area (Å²) in [5.74, 6) is -1.01. The summed E-state index contributed by atoms with van der Waals surface area (Å²) in [6.45, 7) is 1.97. The van der Waals surface area contributed by atoms with Crippen molar-refractivity contribution < 1.29 is 14.7 Å². The number of para-hydroxylation sites is 2. The van der Waals surface area contributed by atoms with E-state index in [0.29, 0.717) is 11.4 Å². The van der Waals surface area contributed by atoms with E-state index >= 15 is 0 Å². The van der Waals surface area contributed by atoms with Gasteiger partial charge in [-0.25, -0.2) is 0 Å². The molecule has 0 aliphatic rings. The van der Waals surface area contributed by atoms with Crippen LogP contribution in [-0.2, 0) is 9.59 Å². The fraction of sp³-hybridized carbons (Fsp3) is 0.429. The summed E-state index contributed by atoms with van der Waals surface area (Å²) < 4.78 is 0. The zero-order valence-electron chi connectivity index (χ0n) is 12.0. The van der Waals surface area contributed by atoms with Gasteiger partial charge in [0.1, 0.15) is 6.04 Å². The third kappa shape index (κ3) is 3.88. The molecule has 0 bridgehead atoms. The minimum Gasteiger partial charge on any atom is -0.481 e. The fourth-order valence-electron chi connectivity index (χ4n) is 1.99. The number of likely N-dealkylation sites (N-methyl/N-ethyl adjacent to an activating group) is 1. The maximum Gasteiger partial charge on any atom is 0.305 e. The highest BCUT2D eigenvalue weighted by Crippen LogP contribution is 2.25. The van der Waals surface area contributed by atoms with E-state index in [1.165, 1.54) is 4.90 Å². The van der Waals surface area contributed by atoms with Crippen molar-refractivity contribution in [3.63, 3.8) is 0 Å². The standard InChI is InChI=1S/C14H21N3O3/c1-10(14(20)16(2)3)17(9-8-13(18)19)12-7-5-4-6-11(12)15/h4-7,10H,8-9,15H2,1-3H3,(H,18,19). The second kappa shape index (κ2) is 6.79. The first-order valence-electron chi connectivity index (χ1n) is 6.38. The van der Waals surface area contributed by atoms with Gasteiger partial charge in [-0.05, 0) is 19.1 Å². The van der Waals surface area contributed by atoms with Crippen LogP contribution in [0.1, 0.15) is 13.3 Å². The number of hydrogen-bond donors (Lipinski definition) is 2. The predicted molar refractivity (Wildman–Crippen MR) is 78.6 cm³/mol. The minimum absolute atomic E-state index is 0.0562. The van der Waals surface area contributed by atoms with Crippen molar-refractivity contribution in [1.82, 2.24) is 4.90 Å². The van der Waals surface area contributed by atoms with Crippen molar-refractivity contribution >= 4 is 23.3 Å². The van der Waals surface area contributed by atoms with Crippen LogP contribution in [-0.4, -0.2) is 48.6 Å². The highest BCUT2D eigenvalue weighted by atomic mass is 16.4. The molecule has 0 heterocycles. The molecule has 0 aliphatic carbocycles. The van der Waals surface area contributed by atoms with E-state index in [9.17, 15) is 9.59 Å². The van der Waals surface area contributed by atoms with Gasteiger partial charge in [0.2, 0.25) is 5.91 Å². The molecule has 20 heavy (non-hydrogen) atoms.